The van der Waals surface area contributed by atoms with Crippen molar-refractivity contribution in [3.05, 3.63) is 36.2 Å². The van der Waals surface area contributed by atoms with Gasteiger partial charge < -0.3 is 9.42 Å². The molecule has 2 aromatic rings. The molecule has 1 aromatic carbocycles. The lowest BCUT2D eigenvalue weighted by Gasteiger charge is -2.27. The molecular formula is C18H26N4O. The number of likely N-dealkylation sites (tertiary alicyclic amines) is 1. The Bertz CT molecular complexity index is 578. The Balaban J connectivity index is 1.43. The van der Waals surface area contributed by atoms with Crippen LogP contribution in [0.5, 0.6) is 0 Å². The number of hydrogen-bond acceptors (Lipinski definition) is 5. The molecule has 0 amide bonds. The molecule has 5 heteroatoms. The summed E-state index contributed by atoms with van der Waals surface area (Å²) in [6.07, 6.45) is 5.31. The van der Waals surface area contributed by atoms with Crippen LogP contribution in [0.1, 0.15) is 31.6 Å². The number of piperidine rings is 1. The molecule has 5 nitrogen and oxygen atoms in total. The number of rotatable bonds is 7. The first-order valence-corrected chi connectivity index (χ1v) is 8.60. The molecule has 0 atom stereocenters. The second-order valence-electron chi connectivity index (χ2n) is 6.37. The molecule has 1 aliphatic heterocycles. The third-order valence-electron chi connectivity index (χ3n) is 4.37. The minimum atomic E-state index is 0.669. The zero-order valence-corrected chi connectivity index (χ0v) is 13.9. The zero-order chi connectivity index (χ0) is 15.9. The summed E-state index contributed by atoms with van der Waals surface area (Å²) in [6.45, 7) is 5.50. The van der Waals surface area contributed by atoms with Crippen LogP contribution >= 0.6 is 0 Å². The van der Waals surface area contributed by atoms with Gasteiger partial charge in [0.15, 0.2) is 0 Å². The Morgan fingerprint density at radius 2 is 1.91 bits per heavy atom. The van der Waals surface area contributed by atoms with E-state index in [1.165, 1.54) is 45.3 Å². The number of benzene rings is 1. The Morgan fingerprint density at radius 1 is 1.13 bits per heavy atom. The standard InChI is InChI=1S/C18H26N4O/c1-21(11-8-14-22-12-6-3-7-13-22)15-17-19-18(20-23-17)16-9-4-2-5-10-16/h2,4-5,9-10H,3,6-8,11-15H2,1H3. The van der Waals surface area contributed by atoms with Gasteiger partial charge in [-0.2, -0.15) is 4.98 Å². The van der Waals surface area contributed by atoms with Crippen LogP contribution < -0.4 is 0 Å². The molecule has 0 saturated carbocycles. The van der Waals surface area contributed by atoms with Crippen molar-refractivity contribution in [2.45, 2.75) is 32.2 Å². The number of aromatic nitrogens is 2. The van der Waals surface area contributed by atoms with E-state index in [4.69, 9.17) is 4.52 Å². The monoisotopic (exact) mass is 314 g/mol. The first-order chi connectivity index (χ1) is 11.3. The Hall–Kier alpha value is -1.72. The molecule has 23 heavy (non-hydrogen) atoms. The summed E-state index contributed by atoms with van der Waals surface area (Å²) in [4.78, 5) is 9.33. The van der Waals surface area contributed by atoms with Crippen molar-refractivity contribution >= 4 is 0 Å². The van der Waals surface area contributed by atoms with Crippen LogP contribution in [0.15, 0.2) is 34.9 Å². The minimum absolute atomic E-state index is 0.669. The fraction of sp³-hybridized carbons (Fsp3) is 0.556. The van der Waals surface area contributed by atoms with Gasteiger partial charge in [0, 0.05) is 5.56 Å². The van der Waals surface area contributed by atoms with E-state index in [9.17, 15) is 0 Å². The normalized spacial score (nSPS) is 16.1. The Kier molecular flexibility index (Phi) is 5.77. The predicted octanol–water partition coefficient (Wildman–Crippen LogP) is 3.04. The molecule has 0 spiro atoms. The highest BCUT2D eigenvalue weighted by atomic mass is 16.5. The van der Waals surface area contributed by atoms with Crippen molar-refractivity contribution in [1.82, 2.24) is 19.9 Å². The quantitative estimate of drug-likeness (QED) is 0.786. The van der Waals surface area contributed by atoms with Gasteiger partial charge >= 0.3 is 0 Å². The first kappa shape index (κ1) is 16.1. The summed E-state index contributed by atoms with van der Waals surface area (Å²) in [6, 6.07) is 9.95. The second kappa shape index (κ2) is 8.22. The minimum Gasteiger partial charge on any atom is -0.338 e. The Labute approximate surface area is 138 Å². The summed E-state index contributed by atoms with van der Waals surface area (Å²) >= 11 is 0. The molecule has 0 radical (unpaired) electrons. The van der Waals surface area contributed by atoms with Crippen LogP contribution in [-0.4, -0.2) is 53.2 Å². The van der Waals surface area contributed by atoms with E-state index in [2.05, 4.69) is 27.0 Å². The maximum Gasteiger partial charge on any atom is 0.241 e. The summed E-state index contributed by atoms with van der Waals surface area (Å²) in [5.41, 5.74) is 0.996. The molecule has 1 saturated heterocycles. The smallest absolute Gasteiger partial charge is 0.241 e. The number of nitrogens with zero attached hydrogens (tertiary/aromatic N) is 4. The topological polar surface area (TPSA) is 45.4 Å². The molecule has 2 heterocycles. The highest BCUT2D eigenvalue weighted by Gasteiger charge is 2.12. The second-order valence-corrected chi connectivity index (χ2v) is 6.37. The molecular weight excluding hydrogens is 288 g/mol. The van der Waals surface area contributed by atoms with Crippen LogP contribution in [-0.2, 0) is 6.54 Å². The average molecular weight is 314 g/mol. The molecule has 0 bridgehead atoms. The van der Waals surface area contributed by atoms with Crippen molar-refractivity contribution in [2.24, 2.45) is 0 Å². The van der Waals surface area contributed by atoms with Gasteiger partial charge in [-0.15, -0.1) is 0 Å². The molecule has 0 aliphatic carbocycles. The molecule has 1 aromatic heterocycles. The zero-order valence-electron chi connectivity index (χ0n) is 13.9. The van der Waals surface area contributed by atoms with Gasteiger partial charge in [0.2, 0.25) is 11.7 Å². The van der Waals surface area contributed by atoms with E-state index >= 15 is 0 Å². The van der Waals surface area contributed by atoms with Crippen molar-refractivity contribution in [3.63, 3.8) is 0 Å². The maximum atomic E-state index is 5.37. The van der Waals surface area contributed by atoms with Gasteiger partial charge in [0.05, 0.1) is 6.54 Å². The van der Waals surface area contributed by atoms with Crippen LogP contribution in [0.25, 0.3) is 11.4 Å². The van der Waals surface area contributed by atoms with Crippen molar-refractivity contribution in [1.29, 1.82) is 0 Å². The summed E-state index contributed by atoms with van der Waals surface area (Å²) in [7, 11) is 2.11. The third kappa shape index (κ3) is 4.88. The van der Waals surface area contributed by atoms with Crippen LogP contribution in [0.2, 0.25) is 0 Å². The first-order valence-electron chi connectivity index (χ1n) is 8.60. The average Bonchev–Trinajstić information content (AvgIpc) is 3.05. The number of hydrogen-bond donors (Lipinski definition) is 0. The molecule has 0 N–H and O–H groups in total. The van der Waals surface area contributed by atoms with Gasteiger partial charge in [-0.25, -0.2) is 0 Å². The van der Waals surface area contributed by atoms with Gasteiger partial charge in [-0.3, -0.25) is 4.90 Å². The third-order valence-corrected chi connectivity index (χ3v) is 4.37. The highest BCUT2D eigenvalue weighted by Crippen LogP contribution is 2.15. The van der Waals surface area contributed by atoms with Crippen molar-refractivity contribution in [3.8, 4) is 11.4 Å². The van der Waals surface area contributed by atoms with E-state index in [1.54, 1.807) is 0 Å². The van der Waals surface area contributed by atoms with E-state index in [0.29, 0.717) is 18.3 Å². The highest BCUT2D eigenvalue weighted by molar-refractivity contribution is 5.53. The molecule has 1 fully saturated rings. The fourth-order valence-corrected chi connectivity index (χ4v) is 3.08. The Morgan fingerprint density at radius 3 is 2.70 bits per heavy atom. The van der Waals surface area contributed by atoms with Crippen LogP contribution in [0, 0.1) is 0 Å². The predicted molar refractivity (Wildman–Crippen MR) is 91.0 cm³/mol. The lowest BCUT2D eigenvalue weighted by atomic mass is 10.1. The van der Waals surface area contributed by atoms with Gasteiger partial charge in [-0.05, 0) is 52.5 Å². The SMILES string of the molecule is CN(CCCN1CCCCC1)Cc1nc(-c2ccccc2)no1. The van der Waals surface area contributed by atoms with Gasteiger partial charge in [0.25, 0.3) is 0 Å². The molecule has 124 valence electrons. The maximum absolute atomic E-state index is 5.37. The van der Waals surface area contributed by atoms with Gasteiger partial charge in [-0.1, -0.05) is 41.9 Å². The summed E-state index contributed by atoms with van der Waals surface area (Å²) < 4.78 is 5.37. The lowest BCUT2D eigenvalue weighted by molar-refractivity contribution is 0.204. The van der Waals surface area contributed by atoms with E-state index in [0.717, 1.165) is 12.1 Å². The van der Waals surface area contributed by atoms with E-state index in [1.807, 2.05) is 30.3 Å². The van der Waals surface area contributed by atoms with Crippen LogP contribution in [0.4, 0.5) is 0 Å². The van der Waals surface area contributed by atoms with E-state index in [-0.39, 0.29) is 0 Å². The molecule has 3 rings (SSSR count). The van der Waals surface area contributed by atoms with Gasteiger partial charge in [0.1, 0.15) is 0 Å². The summed E-state index contributed by atoms with van der Waals surface area (Å²) in [5, 5.41) is 4.07. The van der Waals surface area contributed by atoms with E-state index < -0.39 is 0 Å². The lowest BCUT2D eigenvalue weighted by Crippen LogP contribution is -2.32. The van der Waals surface area contributed by atoms with Crippen molar-refractivity contribution < 1.29 is 4.52 Å². The largest absolute Gasteiger partial charge is 0.338 e. The molecule has 0 unspecified atom stereocenters. The fourth-order valence-electron chi connectivity index (χ4n) is 3.08. The van der Waals surface area contributed by atoms with Crippen LogP contribution in [0.3, 0.4) is 0 Å². The summed E-state index contributed by atoms with van der Waals surface area (Å²) in [5.74, 6) is 1.35. The molecule has 1 aliphatic rings. The van der Waals surface area contributed by atoms with Crippen molar-refractivity contribution in [2.75, 3.05) is 33.2 Å².